The molecule has 4 nitrogen and oxygen atoms in total. The van der Waals surface area contributed by atoms with Gasteiger partial charge in [0.1, 0.15) is 5.82 Å². The Kier molecular flexibility index (Phi) is 8.09. The van der Waals surface area contributed by atoms with E-state index in [2.05, 4.69) is 68.3 Å². The normalized spacial score (nSPS) is 11.3. The van der Waals surface area contributed by atoms with Crippen LogP contribution in [0, 0.1) is 0 Å². The number of nitrogens with zero attached hydrogens (tertiary/aromatic N) is 2. The molecule has 1 amide bonds. The number of rotatable bonds is 10. The van der Waals surface area contributed by atoms with Crippen LogP contribution in [0.25, 0.3) is 17.1 Å². The van der Waals surface area contributed by atoms with Crippen molar-refractivity contribution in [3.8, 4) is 0 Å². The minimum Gasteiger partial charge on any atom is -0.353 e. The summed E-state index contributed by atoms with van der Waals surface area (Å²) in [5.74, 6) is 1.07. The van der Waals surface area contributed by atoms with Gasteiger partial charge in [-0.3, -0.25) is 4.79 Å². The predicted molar refractivity (Wildman–Crippen MR) is 139 cm³/mol. The Morgan fingerprint density at radius 1 is 0.909 bits per heavy atom. The first-order chi connectivity index (χ1) is 16.2. The third kappa shape index (κ3) is 6.65. The number of hydrogen-bond acceptors (Lipinski definition) is 2. The van der Waals surface area contributed by atoms with Crippen LogP contribution in [0.4, 0.5) is 0 Å². The van der Waals surface area contributed by atoms with Gasteiger partial charge in [-0.15, -0.1) is 0 Å². The van der Waals surface area contributed by atoms with E-state index in [0.29, 0.717) is 6.54 Å². The third-order valence-electron chi connectivity index (χ3n) is 5.59. The molecule has 1 aromatic heterocycles. The average Bonchev–Trinajstić information content (AvgIpc) is 3.19. The molecule has 3 aromatic carbocycles. The monoisotopic (exact) mass is 501 g/mol. The van der Waals surface area contributed by atoms with E-state index >= 15 is 0 Å². The highest BCUT2D eigenvalue weighted by atomic mass is 79.9. The maximum atomic E-state index is 12.0. The molecule has 0 saturated heterocycles. The number of aryl methyl sites for hydroxylation is 1. The molecule has 0 unspecified atom stereocenters. The summed E-state index contributed by atoms with van der Waals surface area (Å²) in [5.41, 5.74) is 4.50. The lowest BCUT2D eigenvalue weighted by molar-refractivity contribution is -0.116. The van der Waals surface area contributed by atoms with Gasteiger partial charge in [0.25, 0.3) is 0 Å². The summed E-state index contributed by atoms with van der Waals surface area (Å²) in [6.07, 6.45) is 7.40. The molecule has 168 valence electrons. The van der Waals surface area contributed by atoms with E-state index in [1.54, 1.807) is 6.08 Å². The van der Waals surface area contributed by atoms with Crippen LogP contribution in [0.5, 0.6) is 0 Å². The Labute approximate surface area is 203 Å². The zero-order valence-electron chi connectivity index (χ0n) is 18.6. The van der Waals surface area contributed by atoms with Crippen molar-refractivity contribution >= 4 is 38.9 Å². The van der Waals surface area contributed by atoms with Crippen LogP contribution in [0.15, 0.2) is 89.4 Å². The van der Waals surface area contributed by atoms with Crippen molar-refractivity contribution < 1.29 is 4.79 Å². The first-order valence-electron chi connectivity index (χ1n) is 11.4. The molecule has 33 heavy (non-hydrogen) atoms. The van der Waals surface area contributed by atoms with Crippen LogP contribution >= 0.6 is 15.9 Å². The van der Waals surface area contributed by atoms with Gasteiger partial charge >= 0.3 is 0 Å². The second kappa shape index (κ2) is 11.6. The summed E-state index contributed by atoms with van der Waals surface area (Å²) in [6.45, 7) is 1.50. The molecule has 0 radical (unpaired) electrons. The van der Waals surface area contributed by atoms with Crippen molar-refractivity contribution in [1.29, 1.82) is 0 Å². The highest BCUT2D eigenvalue weighted by molar-refractivity contribution is 9.10. The van der Waals surface area contributed by atoms with Crippen molar-refractivity contribution in [2.45, 2.75) is 32.2 Å². The fraction of sp³-hybridized carbons (Fsp3) is 0.214. The highest BCUT2D eigenvalue weighted by Gasteiger charge is 2.11. The molecule has 0 aliphatic heterocycles. The van der Waals surface area contributed by atoms with E-state index < -0.39 is 0 Å². The number of hydrogen-bond donors (Lipinski definition) is 1. The lowest BCUT2D eigenvalue weighted by atomic mass is 10.1. The van der Waals surface area contributed by atoms with Gasteiger partial charge in [-0.1, -0.05) is 76.9 Å². The summed E-state index contributed by atoms with van der Waals surface area (Å²) in [4.78, 5) is 16.9. The Bertz CT molecular complexity index is 1210. The molecule has 1 N–H and O–H groups in total. The summed E-state index contributed by atoms with van der Waals surface area (Å²) >= 11 is 3.51. The summed E-state index contributed by atoms with van der Waals surface area (Å²) in [5, 5.41) is 2.97. The second-order valence-electron chi connectivity index (χ2n) is 8.08. The van der Waals surface area contributed by atoms with E-state index in [4.69, 9.17) is 4.98 Å². The molecule has 1 heterocycles. The molecule has 4 aromatic rings. The van der Waals surface area contributed by atoms with Crippen molar-refractivity contribution in [2.24, 2.45) is 0 Å². The lowest BCUT2D eigenvalue weighted by Gasteiger charge is -2.10. The Hall–Kier alpha value is -3.18. The molecule has 0 fully saturated rings. The van der Waals surface area contributed by atoms with Crippen LogP contribution in [0.3, 0.4) is 0 Å². The molecule has 4 rings (SSSR count). The molecule has 0 spiro atoms. The molecule has 0 aliphatic carbocycles. The maximum Gasteiger partial charge on any atom is 0.243 e. The van der Waals surface area contributed by atoms with Crippen LogP contribution in [0.1, 0.15) is 36.2 Å². The van der Waals surface area contributed by atoms with Crippen LogP contribution < -0.4 is 5.32 Å². The fourth-order valence-corrected chi connectivity index (χ4v) is 4.12. The van der Waals surface area contributed by atoms with Gasteiger partial charge < -0.3 is 9.88 Å². The van der Waals surface area contributed by atoms with Gasteiger partial charge in [-0.25, -0.2) is 4.98 Å². The smallest absolute Gasteiger partial charge is 0.243 e. The van der Waals surface area contributed by atoms with Gasteiger partial charge in [0, 0.05) is 30.1 Å². The number of carbonyl (C=O) groups is 1. The molecular weight excluding hydrogens is 474 g/mol. The number of fused-ring (bicyclic) bond motifs is 1. The minimum absolute atomic E-state index is 0.0462. The van der Waals surface area contributed by atoms with Crippen LogP contribution in [-0.4, -0.2) is 22.0 Å². The predicted octanol–water partition coefficient (Wildman–Crippen LogP) is 6.39. The average molecular weight is 502 g/mol. The number of carbonyl (C=O) groups excluding carboxylic acids is 1. The number of halogens is 1. The number of para-hydroxylation sites is 2. The summed E-state index contributed by atoms with van der Waals surface area (Å²) in [6, 6.07) is 26.6. The standard InChI is InChI=1S/C28H28BrN3O/c29-24-17-14-23(15-18-24)21-32-26-12-7-6-11-25(26)31-27(32)13-5-2-8-20-30-28(33)19-16-22-9-3-1-4-10-22/h1,3-4,6-7,9-12,14-19H,2,5,8,13,20-21H2,(H,30,33)/b19-16+. The van der Waals surface area contributed by atoms with E-state index in [0.717, 1.165) is 53.6 Å². The van der Waals surface area contributed by atoms with Gasteiger partial charge in [0.2, 0.25) is 5.91 Å². The quantitative estimate of drug-likeness (QED) is 0.202. The first kappa shape index (κ1) is 23.0. The van der Waals surface area contributed by atoms with E-state index in [1.165, 1.54) is 11.1 Å². The van der Waals surface area contributed by atoms with Crippen LogP contribution in [0.2, 0.25) is 0 Å². The topological polar surface area (TPSA) is 46.9 Å². The number of unbranched alkanes of at least 4 members (excludes halogenated alkanes) is 2. The Morgan fingerprint density at radius 2 is 1.67 bits per heavy atom. The Morgan fingerprint density at radius 3 is 2.48 bits per heavy atom. The van der Waals surface area contributed by atoms with Crippen molar-refractivity contribution in [3.05, 3.63) is 106 Å². The maximum absolute atomic E-state index is 12.0. The Balaban J connectivity index is 1.27. The van der Waals surface area contributed by atoms with Crippen LogP contribution in [-0.2, 0) is 17.8 Å². The fourth-order valence-electron chi connectivity index (χ4n) is 3.86. The molecule has 5 heteroatoms. The van der Waals surface area contributed by atoms with E-state index in [1.807, 2.05) is 42.5 Å². The van der Waals surface area contributed by atoms with Gasteiger partial charge in [-0.05, 0) is 54.3 Å². The summed E-state index contributed by atoms with van der Waals surface area (Å²) < 4.78 is 3.42. The number of imidazole rings is 1. The highest BCUT2D eigenvalue weighted by Crippen LogP contribution is 2.20. The molecule has 0 saturated carbocycles. The number of nitrogens with one attached hydrogen (secondary N) is 1. The number of benzene rings is 3. The zero-order valence-corrected chi connectivity index (χ0v) is 20.2. The van der Waals surface area contributed by atoms with Crippen molar-refractivity contribution in [1.82, 2.24) is 14.9 Å². The molecule has 0 atom stereocenters. The number of aromatic nitrogens is 2. The largest absolute Gasteiger partial charge is 0.353 e. The van der Waals surface area contributed by atoms with E-state index in [-0.39, 0.29) is 5.91 Å². The van der Waals surface area contributed by atoms with Gasteiger partial charge in [0.05, 0.1) is 11.0 Å². The molecule has 0 aliphatic rings. The first-order valence-corrected chi connectivity index (χ1v) is 12.2. The van der Waals surface area contributed by atoms with Gasteiger partial charge in [-0.2, -0.15) is 0 Å². The SMILES string of the molecule is O=C(/C=C/c1ccccc1)NCCCCCc1nc2ccccc2n1Cc1ccc(Br)cc1. The lowest BCUT2D eigenvalue weighted by Crippen LogP contribution is -2.22. The van der Waals surface area contributed by atoms with Crippen molar-refractivity contribution in [3.63, 3.8) is 0 Å². The van der Waals surface area contributed by atoms with Crippen molar-refractivity contribution in [2.75, 3.05) is 6.54 Å². The third-order valence-corrected chi connectivity index (χ3v) is 6.12. The van der Waals surface area contributed by atoms with Gasteiger partial charge in [0.15, 0.2) is 0 Å². The number of amides is 1. The summed E-state index contributed by atoms with van der Waals surface area (Å²) in [7, 11) is 0. The second-order valence-corrected chi connectivity index (χ2v) is 8.99. The molecule has 0 bridgehead atoms. The molecular formula is C28H28BrN3O. The van der Waals surface area contributed by atoms with E-state index in [9.17, 15) is 4.79 Å². The minimum atomic E-state index is -0.0462. The zero-order chi connectivity index (χ0) is 22.9.